The summed E-state index contributed by atoms with van der Waals surface area (Å²) in [6, 6.07) is 13.3. The second kappa shape index (κ2) is 10.1. The summed E-state index contributed by atoms with van der Waals surface area (Å²) in [5, 5.41) is 13.7. The fourth-order valence-corrected chi connectivity index (χ4v) is 4.96. The van der Waals surface area contributed by atoms with Crippen LogP contribution in [-0.2, 0) is 18.6 Å². The molecule has 0 fully saturated rings. The second-order valence-electron chi connectivity index (χ2n) is 11.0. The van der Waals surface area contributed by atoms with Crippen LogP contribution in [0.2, 0.25) is 0 Å². The molecule has 0 unspecified atom stereocenters. The minimum atomic E-state index is -0.312. The third-order valence-electron chi connectivity index (χ3n) is 6.74. The molecule has 0 saturated heterocycles. The van der Waals surface area contributed by atoms with E-state index in [2.05, 4.69) is 60.0 Å². The number of hydrogen-bond acceptors (Lipinski definition) is 8. The summed E-state index contributed by atoms with van der Waals surface area (Å²) in [5.74, 6) is 3.09. The largest absolute Gasteiger partial charge is 0.497 e. The fraction of sp³-hybridized carbons (Fsp3) is 0.429. The molecule has 0 radical (unpaired) electrons. The maximum atomic E-state index is 13.2. The number of tetrazole rings is 1. The SMILES string of the molecule is COc1ccc2[nH]c(=O)c(CN(Cc3ccc4c(c3)OCO4)[C@@H](c3nnnn3C(C)(C)C)C(C)C)cc2c1. The first-order chi connectivity index (χ1) is 18.1. The Morgan fingerprint density at radius 3 is 2.61 bits per heavy atom. The first kappa shape index (κ1) is 25.7. The molecule has 2 aromatic heterocycles. The number of rotatable bonds is 8. The normalized spacial score (nSPS) is 14.0. The molecule has 0 spiro atoms. The number of methoxy groups -OCH3 is 1. The summed E-state index contributed by atoms with van der Waals surface area (Å²) < 4.78 is 18.4. The molecule has 10 heteroatoms. The van der Waals surface area contributed by atoms with E-state index in [4.69, 9.17) is 14.2 Å². The zero-order valence-corrected chi connectivity index (χ0v) is 22.7. The van der Waals surface area contributed by atoms with Crippen LogP contribution in [0.3, 0.4) is 0 Å². The van der Waals surface area contributed by atoms with Gasteiger partial charge < -0.3 is 19.2 Å². The summed E-state index contributed by atoms with van der Waals surface area (Å²) in [5.41, 5.74) is 2.00. The molecule has 1 atom stereocenters. The molecule has 4 aromatic rings. The van der Waals surface area contributed by atoms with Gasteiger partial charge in [-0.3, -0.25) is 9.69 Å². The molecular weight excluding hydrogens is 484 g/mol. The molecule has 10 nitrogen and oxygen atoms in total. The van der Waals surface area contributed by atoms with Crippen LogP contribution >= 0.6 is 0 Å². The van der Waals surface area contributed by atoms with Gasteiger partial charge in [0.1, 0.15) is 5.75 Å². The number of hydrogen-bond donors (Lipinski definition) is 1. The highest BCUT2D eigenvalue weighted by molar-refractivity contribution is 5.80. The molecule has 3 heterocycles. The summed E-state index contributed by atoms with van der Waals surface area (Å²) in [6.07, 6.45) is 0. The lowest BCUT2D eigenvalue weighted by Gasteiger charge is -2.35. The number of benzene rings is 2. The van der Waals surface area contributed by atoms with E-state index in [1.807, 2.05) is 47.1 Å². The Hall–Kier alpha value is -3.92. The van der Waals surface area contributed by atoms with Crippen molar-refractivity contribution in [3.8, 4) is 17.2 Å². The zero-order chi connectivity index (χ0) is 27.0. The number of aromatic amines is 1. The molecule has 1 aliphatic heterocycles. The fourth-order valence-electron chi connectivity index (χ4n) is 4.96. The van der Waals surface area contributed by atoms with E-state index in [0.717, 1.165) is 39.5 Å². The lowest BCUT2D eigenvalue weighted by atomic mass is 9.98. The first-order valence-electron chi connectivity index (χ1n) is 12.8. The predicted molar refractivity (Wildman–Crippen MR) is 143 cm³/mol. The summed E-state index contributed by atoms with van der Waals surface area (Å²) >= 11 is 0. The lowest BCUT2D eigenvalue weighted by Crippen LogP contribution is -2.37. The average Bonchev–Trinajstić information content (AvgIpc) is 3.53. The lowest BCUT2D eigenvalue weighted by molar-refractivity contribution is 0.119. The van der Waals surface area contributed by atoms with Gasteiger partial charge in [-0.05, 0) is 79.1 Å². The highest BCUT2D eigenvalue weighted by atomic mass is 16.7. The van der Waals surface area contributed by atoms with Gasteiger partial charge in [0.2, 0.25) is 6.79 Å². The highest BCUT2D eigenvalue weighted by Crippen LogP contribution is 2.36. The Balaban J connectivity index is 1.59. The van der Waals surface area contributed by atoms with Crippen molar-refractivity contribution in [1.82, 2.24) is 30.1 Å². The van der Waals surface area contributed by atoms with Gasteiger partial charge >= 0.3 is 0 Å². The molecule has 38 heavy (non-hydrogen) atoms. The topological polar surface area (TPSA) is 107 Å². The Morgan fingerprint density at radius 2 is 1.87 bits per heavy atom. The van der Waals surface area contributed by atoms with E-state index in [9.17, 15) is 4.79 Å². The Kier molecular flexibility index (Phi) is 6.83. The minimum Gasteiger partial charge on any atom is -0.497 e. The Morgan fingerprint density at radius 1 is 1.08 bits per heavy atom. The van der Waals surface area contributed by atoms with Crippen LogP contribution in [0.25, 0.3) is 10.9 Å². The predicted octanol–water partition coefficient (Wildman–Crippen LogP) is 4.41. The van der Waals surface area contributed by atoms with Crippen LogP contribution in [0.5, 0.6) is 17.2 Å². The van der Waals surface area contributed by atoms with Crippen LogP contribution in [0.4, 0.5) is 0 Å². The monoisotopic (exact) mass is 518 g/mol. The van der Waals surface area contributed by atoms with Gasteiger partial charge in [-0.15, -0.1) is 5.10 Å². The summed E-state index contributed by atoms with van der Waals surface area (Å²) in [4.78, 5) is 18.5. The van der Waals surface area contributed by atoms with Crippen molar-refractivity contribution in [2.75, 3.05) is 13.9 Å². The van der Waals surface area contributed by atoms with E-state index >= 15 is 0 Å². The number of fused-ring (bicyclic) bond motifs is 2. The maximum absolute atomic E-state index is 13.2. The molecular formula is C28H34N6O4. The van der Waals surface area contributed by atoms with Crippen molar-refractivity contribution in [3.63, 3.8) is 0 Å². The van der Waals surface area contributed by atoms with E-state index < -0.39 is 0 Å². The van der Waals surface area contributed by atoms with Crippen molar-refractivity contribution < 1.29 is 14.2 Å². The van der Waals surface area contributed by atoms with Gasteiger partial charge in [0.15, 0.2) is 17.3 Å². The van der Waals surface area contributed by atoms with Crippen molar-refractivity contribution in [3.05, 3.63) is 69.8 Å². The van der Waals surface area contributed by atoms with Gasteiger partial charge in [-0.2, -0.15) is 0 Å². The molecule has 0 amide bonds. The van der Waals surface area contributed by atoms with Crippen LogP contribution < -0.4 is 19.8 Å². The molecule has 200 valence electrons. The smallest absolute Gasteiger partial charge is 0.252 e. The third kappa shape index (κ3) is 5.08. The molecule has 1 N–H and O–H groups in total. The number of aromatic nitrogens is 5. The molecule has 0 saturated carbocycles. The standard InChI is InChI=1S/C28H34N6O4/c1-17(2)25(26-30-31-32-34(26)28(3,4)5)33(14-18-7-10-23-24(11-18)38-16-37-23)15-20-12-19-13-21(36-6)8-9-22(19)29-27(20)35/h7-13,17,25H,14-16H2,1-6H3,(H,29,35)/t25-/m1/s1. The number of H-pyrrole nitrogens is 1. The van der Waals surface area contributed by atoms with Gasteiger partial charge in [0, 0.05) is 29.6 Å². The van der Waals surface area contributed by atoms with Crippen molar-refractivity contribution in [2.45, 2.75) is 59.3 Å². The zero-order valence-electron chi connectivity index (χ0n) is 22.7. The minimum absolute atomic E-state index is 0.128. The summed E-state index contributed by atoms with van der Waals surface area (Å²) in [7, 11) is 1.63. The van der Waals surface area contributed by atoms with Gasteiger partial charge in [0.05, 0.1) is 18.7 Å². The molecule has 2 aromatic carbocycles. The second-order valence-corrected chi connectivity index (χ2v) is 11.0. The van der Waals surface area contributed by atoms with Gasteiger partial charge in [-0.1, -0.05) is 19.9 Å². The molecule has 0 bridgehead atoms. The van der Waals surface area contributed by atoms with E-state index in [1.54, 1.807) is 7.11 Å². The van der Waals surface area contributed by atoms with Gasteiger partial charge in [-0.25, -0.2) is 4.68 Å². The quantitative estimate of drug-likeness (QED) is 0.366. The van der Waals surface area contributed by atoms with Gasteiger partial charge in [0.25, 0.3) is 5.56 Å². The van der Waals surface area contributed by atoms with E-state index in [0.29, 0.717) is 18.7 Å². The van der Waals surface area contributed by atoms with E-state index in [1.165, 1.54) is 0 Å². The van der Waals surface area contributed by atoms with Crippen LogP contribution in [0, 0.1) is 5.92 Å². The number of pyridine rings is 1. The van der Waals surface area contributed by atoms with Crippen LogP contribution in [-0.4, -0.2) is 44.0 Å². The number of nitrogens with zero attached hydrogens (tertiary/aromatic N) is 5. The molecule has 1 aliphatic rings. The molecule has 5 rings (SSSR count). The first-order valence-corrected chi connectivity index (χ1v) is 12.8. The Labute approximate surface area is 221 Å². The highest BCUT2D eigenvalue weighted by Gasteiger charge is 2.33. The maximum Gasteiger partial charge on any atom is 0.252 e. The summed E-state index contributed by atoms with van der Waals surface area (Å²) in [6.45, 7) is 11.7. The third-order valence-corrected chi connectivity index (χ3v) is 6.74. The molecule has 0 aliphatic carbocycles. The number of ether oxygens (including phenoxy) is 3. The van der Waals surface area contributed by atoms with Crippen molar-refractivity contribution in [1.29, 1.82) is 0 Å². The van der Waals surface area contributed by atoms with Crippen molar-refractivity contribution in [2.24, 2.45) is 5.92 Å². The average molecular weight is 519 g/mol. The van der Waals surface area contributed by atoms with Crippen LogP contribution in [0.1, 0.15) is 57.6 Å². The van der Waals surface area contributed by atoms with E-state index in [-0.39, 0.29) is 29.9 Å². The number of nitrogens with one attached hydrogen (secondary N) is 1. The Bertz CT molecular complexity index is 1500. The van der Waals surface area contributed by atoms with Crippen LogP contribution in [0.15, 0.2) is 47.3 Å². The van der Waals surface area contributed by atoms with Crippen molar-refractivity contribution >= 4 is 10.9 Å².